The number of hydrogen-bond donors (Lipinski definition) is 2. The van der Waals surface area contributed by atoms with Crippen molar-refractivity contribution >= 4 is 11.6 Å². The molecule has 1 amide bonds. The van der Waals surface area contributed by atoms with E-state index in [4.69, 9.17) is 0 Å². The predicted octanol–water partition coefficient (Wildman–Crippen LogP) is 2.36. The molecule has 3 heteroatoms. The SMILES string of the molecule is CC(C)CCNC(=O)C1CNc2ccccc21. The third-order valence-corrected chi connectivity index (χ3v) is 3.17. The van der Waals surface area contributed by atoms with Gasteiger partial charge in [-0.1, -0.05) is 32.0 Å². The zero-order valence-electron chi connectivity index (χ0n) is 10.5. The van der Waals surface area contributed by atoms with E-state index in [1.165, 1.54) is 0 Å². The van der Waals surface area contributed by atoms with Crippen molar-refractivity contribution in [1.82, 2.24) is 5.32 Å². The Kier molecular flexibility index (Phi) is 3.67. The zero-order chi connectivity index (χ0) is 12.3. The van der Waals surface area contributed by atoms with Gasteiger partial charge in [0.05, 0.1) is 5.92 Å². The minimum absolute atomic E-state index is 0.0293. The van der Waals surface area contributed by atoms with Crippen molar-refractivity contribution in [1.29, 1.82) is 0 Å². The minimum Gasteiger partial charge on any atom is -0.384 e. The predicted molar refractivity (Wildman–Crippen MR) is 70.1 cm³/mol. The molecule has 0 aliphatic carbocycles. The van der Waals surface area contributed by atoms with Crippen LogP contribution < -0.4 is 10.6 Å². The van der Waals surface area contributed by atoms with E-state index in [1.54, 1.807) is 0 Å². The van der Waals surface area contributed by atoms with E-state index in [0.717, 1.165) is 24.2 Å². The minimum atomic E-state index is -0.0293. The van der Waals surface area contributed by atoms with Crippen LogP contribution in [0.15, 0.2) is 24.3 Å². The second-order valence-corrected chi connectivity index (χ2v) is 4.99. The third-order valence-electron chi connectivity index (χ3n) is 3.17. The quantitative estimate of drug-likeness (QED) is 0.836. The summed E-state index contributed by atoms with van der Waals surface area (Å²) in [6.07, 6.45) is 1.04. The molecule has 0 saturated carbocycles. The molecule has 0 spiro atoms. The van der Waals surface area contributed by atoms with Gasteiger partial charge in [0.1, 0.15) is 0 Å². The summed E-state index contributed by atoms with van der Waals surface area (Å²) in [6, 6.07) is 8.03. The molecule has 0 saturated heterocycles. The number of fused-ring (bicyclic) bond motifs is 1. The first-order valence-electron chi connectivity index (χ1n) is 6.29. The second kappa shape index (κ2) is 5.21. The summed E-state index contributed by atoms with van der Waals surface area (Å²) < 4.78 is 0. The lowest BCUT2D eigenvalue weighted by Crippen LogP contribution is -2.31. The topological polar surface area (TPSA) is 41.1 Å². The van der Waals surface area contributed by atoms with E-state index in [0.29, 0.717) is 12.5 Å². The lowest BCUT2D eigenvalue weighted by atomic mass is 10.0. The zero-order valence-corrected chi connectivity index (χ0v) is 10.5. The van der Waals surface area contributed by atoms with Crippen LogP contribution in [0.4, 0.5) is 5.69 Å². The molecule has 2 N–H and O–H groups in total. The smallest absolute Gasteiger partial charge is 0.229 e. The van der Waals surface area contributed by atoms with Gasteiger partial charge in [-0.05, 0) is 24.0 Å². The summed E-state index contributed by atoms with van der Waals surface area (Å²) in [5.74, 6) is 0.741. The van der Waals surface area contributed by atoms with Crippen LogP contribution >= 0.6 is 0 Å². The maximum atomic E-state index is 12.0. The summed E-state index contributed by atoms with van der Waals surface area (Å²) in [5, 5.41) is 6.29. The number of hydrogen-bond acceptors (Lipinski definition) is 2. The normalized spacial score (nSPS) is 17.7. The van der Waals surface area contributed by atoms with Crippen molar-refractivity contribution in [3.63, 3.8) is 0 Å². The second-order valence-electron chi connectivity index (χ2n) is 4.99. The molecule has 2 rings (SSSR count). The highest BCUT2D eigenvalue weighted by atomic mass is 16.1. The standard InChI is InChI=1S/C14H20N2O/c1-10(2)7-8-15-14(17)12-9-16-13-6-4-3-5-11(12)13/h3-6,10,12,16H,7-9H2,1-2H3,(H,15,17). The first-order chi connectivity index (χ1) is 8.18. The molecular weight excluding hydrogens is 212 g/mol. The Morgan fingerprint density at radius 1 is 1.47 bits per heavy atom. The Labute approximate surface area is 103 Å². The van der Waals surface area contributed by atoms with Gasteiger partial charge in [-0.15, -0.1) is 0 Å². The number of rotatable bonds is 4. The van der Waals surface area contributed by atoms with E-state index in [1.807, 2.05) is 24.3 Å². The van der Waals surface area contributed by atoms with Crippen molar-refractivity contribution in [3.8, 4) is 0 Å². The van der Waals surface area contributed by atoms with Crippen molar-refractivity contribution in [3.05, 3.63) is 29.8 Å². The molecule has 0 bridgehead atoms. The van der Waals surface area contributed by atoms with Crippen LogP contribution in [0.3, 0.4) is 0 Å². The highest BCUT2D eigenvalue weighted by Gasteiger charge is 2.27. The number of amides is 1. The van der Waals surface area contributed by atoms with Gasteiger partial charge in [0.2, 0.25) is 5.91 Å². The van der Waals surface area contributed by atoms with Crippen LogP contribution in [0.1, 0.15) is 31.7 Å². The first-order valence-corrected chi connectivity index (χ1v) is 6.29. The van der Waals surface area contributed by atoms with E-state index in [9.17, 15) is 4.79 Å². The van der Waals surface area contributed by atoms with Crippen LogP contribution in [0.2, 0.25) is 0 Å². The summed E-state index contributed by atoms with van der Waals surface area (Å²) in [6.45, 7) is 5.82. The Balaban J connectivity index is 1.93. The summed E-state index contributed by atoms with van der Waals surface area (Å²) in [5.41, 5.74) is 2.21. The van der Waals surface area contributed by atoms with Gasteiger partial charge < -0.3 is 10.6 Å². The van der Waals surface area contributed by atoms with Gasteiger partial charge in [0.15, 0.2) is 0 Å². The fourth-order valence-corrected chi connectivity index (χ4v) is 2.13. The van der Waals surface area contributed by atoms with Gasteiger partial charge in [0, 0.05) is 18.8 Å². The lowest BCUT2D eigenvalue weighted by Gasteiger charge is -2.12. The first kappa shape index (κ1) is 12.0. The fourth-order valence-electron chi connectivity index (χ4n) is 2.13. The molecule has 1 aliphatic heterocycles. The van der Waals surface area contributed by atoms with E-state index in [2.05, 4.69) is 24.5 Å². The van der Waals surface area contributed by atoms with Crippen molar-refractivity contribution < 1.29 is 4.79 Å². The highest BCUT2D eigenvalue weighted by Crippen LogP contribution is 2.30. The average molecular weight is 232 g/mol. The summed E-state index contributed by atoms with van der Waals surface area (Å²) >= 11 is 0. The molecule has 1 atom stereocenters. The van der Waals surface area contributed by atoms with Crippen LogP contribution in [-0.2, 0) is 4.79 Å². The molecule has 0 radical (unpaired) electrons. The fraction of sp³-hybridized carbons (Fsp3) is 0.500. The highest BCUT2D eigenvalue weighted by molar-refractivity contribution is 5.88. The number of benzene rings is 1. The maximum Gasteiger partial charge on any atom is 0.229 e. The molecule has 1 unspecified atom stereocenters. The van der Waals surface area contributed by atoms with Gasteiger partial charge in [-0.25, -0.2) is 0 Å². The summed E-state index contributed by atoms with van der Waals surface area (Å²) in [7, 11) is 0. The van der Waals surface area contributed by atoms with Crippen LogP contribution in [0.25, 0.3) is 0 Å². The maximum absolute atomic E-state index is 12.0. The molecule has 1 aromatic rings. The van der Waals surface area contributed by atoms with E-state index >= 15 is 0 Å². The number of carbonyl (C=O) groups is 1. The Bertz CT molecular complexity index is 401. The van der Waals surface area contributed by atoms with Gasteiger partial charge in [0.25, 0.3) is 0 Å². The van der Waals surface area contributed by atoms with Gasteiger partial charge in [-0.2, -0.15) is 0 Å². The van der Waals surface area contributed by atoms with Crippen LogP contribution in [0.5, 0.6) is 0 Å². The number of anilines is 1. The number of carbonyl (C=O) groups excluding carboxylic acids is 1. The van der Waals surface area contributed by atoms with Gasteiger partial charge >= 0.3 is 0 Å². The molecule has 17 heavy (non-hydrogen) atoms. The molecule has 92 valence electrons. The average Bonchev–Trinajstić information content (AvgIpc) is 2.72. The third kappa shape index (κ3) is 2.78. The summed E-state index contributed by atoms with van der Waals surface area (Å²) in [4.78, 5) is 12.0. The molecular formula is C14H20N2O. The largest absolute Gasteiger partial charge is 0.384 e. The lowest BCUT2D eigenvalue weighted by molar-refractivity contribution is -0.122. The molecule has 3 nitrogen and oxygen atoms in total. The Morgan fingerprint density at radius 3 is 3.00 bits per heavy atom. The number of para-hydroxylation sites is 1. The van der Waals surface area contributed by atoms with Crippen molar-refractivity contribution in [2.45, 2.75) is 26.2 Å². The monoisotopic (exact) mass is 232 g/mol. The molecule has 0 fully saturated rings. The van der Waals surface area contributed by atoms with Crippen molar-refractivity contribution in [2.24, 2.45) is 5.92 Å². The molecule has 0 aromatic heterocycles. The van der Waals surface area contributed by atoms with E-state index in [-0.39, 0.29) is 11.8 Å². The Morgan fingerprint density at radius 2 is 2.24 bits per heavy atom. The van der Waals surface area contributed by atoms with E-state index < -0.39 is 0 Å². The number of nitrogens with one attached hydrogen (secondary N) is 2. The van der Waals surface area contributed by atoms with Crippen LogP contribution in [-0.4, -0.2) is 19.0 Å². The molecule has 1 aromatic carbocycles. The molecule has 1 heterocycles. The Hall–Kier alpha value is -1.51. The van der Waals surface area contributed by atoms with Crippen molar-refractivity contribution in [2.75, 3.05) is 18.4 Å². The van der Waals surface area contributed by atoms with Crippen LogP contribution in [0, 0.1) is 5.92 Å². The molecule has 1 aliphatic rings. The van der Waals surface area contributed by atoms with Gasteiger partial charge in [-0.3, -0.25) is 4.79 Å².